The Morgan fingerprint density at radius 3 is 2.95 bits per heavy atom. The zero-order valence-electron chi connectivity index (χ0n) is 11.3. The van der Waals surface area contributed by atoms with E-state index in [-0.39, 0.29) is 11.8 Å². The highest BCUT2D eigenvalue weighted by Crippen LogP contribution is 2.20. The molecule has 1 atom stereocenters. The normalized spacial score (nSPS) is 19.3. The summed E-state index contributed by atoms with van der Waals surface area (Å²) in [6.45, 7) is 4.56. The van der Waals surface area contributed by atoms with Crippen LogP contribution in [0.1, 0.15) is 18.4 Å². The van der Waals surface area contributed by atoms with Crippen LogP contribution >= 0.6 is 0 Å². The van der Waals surface area contributed by atoms with E-state index in [2.05, 4.69) is 20.2 Å². The van der Waals surface area contributed by atoms with E-state index in [0.29, 0.717) is 25.6 Å². The van der Waals surface area contributed by atoms with E-state index in [0.717, 1.165) is 24.9 Å². The molecule has 1 aliphatic rings. The van der Waals surface area contributed by atoms with Gasteiger partial charge in [0.2, 0.25) is 11.9 Å². The van der Waals surface area contributed by atoms with Crippen molar-refractivity contribution in [3.63, 3.8) is 0 Å². The third kappa shape index (κ3) is 3.64. The van der Waals surface area contributed by atoms with E-state index in [9.17, 15) is 4.79 Å². The summed E-state index contributed by atoms with van der Waals surface area (Å²) < 4.78 is 0. The maximum absolute atomic E-state index is 12.0. The average molecular weight is 263 g/mol. The molecule has 3 N–H and O–H groups in total. The molecule has 0 radical (unpaired) electrons. The number of anilines is 1. The minimum absolute atomic E-state index is 0.00482. The summed E-state index contributed by atoms with van der Waals surface area (Å²) in [6, 6.07) is 0. The van der Waals surface area contributed by atoms with Crippen LogP contribution in [0.15, 0.2) is 12.4 Å². The molecular formula is C13H21N5O. The second-order valence-electron chi connectivity index (χ2n) is 4.93. The first kappa shape index (κ1) is 13.7. The van der Waals surface area contributed by atoms with E-state index < -0.39 is 0 Å². The van der Waals surface area contributed by atoms with Crippen LogP contribution in [0.4, 0.5) is 5.95 Å². The van der Waals surface area contributed by atoms with E-state index in [1.165, 1.54) is 0 Å². The van der Waals surface area contributed by atoms with Crippen molar-refractivity contribution in [2.75, 3.05) is 31.1 Å². The van der Waals surface area contributed by atoms with Crippen LogP contribution in [0.2, 0.25) is 0 Å². The second-order valence-corrected chi connectivity index (χ2v) is 4.93. The minimum Gasteiger partial charge on any atom is -0.355 e. The molecule has 6 nitrogen and oxygen atoms in total. The lowest BCUT2D eigenvalue weighted by molar-refractivity contribution is -0.125. The van der Waals surface area contributed by atoms with Gasteiger partial charge in [-0.25, -0.2) is 9.97 Å². The lowest BCUT2D eigenvalue weighted by Gasteiger charge is -2.31. The van der Waals surface area contributed by atoms with Gasteiger partial charge in [-0.15, -0.1) is 0 Å². The molecule has 1 aromatic rings. The van der Waals surface area contributed by atoms with E-state index in [1.807, 2.05) is 6.92 Å². The standard InChI is InChI=1S/C13H21N5O/c1-10-7-16-13(17-8-10)18-6-2-3-11(9-18)12(19)15-5-4-14/h7-8,11H,2-6,9,14H2,1H3,(H,15,19). The highest BCUT2D eigenvalue weighted by molar-refractivity contribution is 5.79. The first-order valence-electron chi connectivity index (χ1n) is 6.72. The van der Waals surface area contributed by atoms with Crippen molar-refractivity contribution in [3.05, 3.63) is 18.0 Å². The quantitative estimate of drug-likeness (QED) is 0.803. The Morgan fingerprint density at radius 1 is 1.53 bits per heavy atom. The summed E-state index contributed by atoms with van der Waals surface area (Å²) in [6.07, 6.45) is 5.51. The Hall–Kier alpha value is -1.69. The number of nitrogens with zero attached hydrogens (tertiary/aromatic N) is 3. The largest absolute Gasteiger partial charge is 0.355 e. The fourth-order valence-corrected chi connectivity index (χ4v) is 2.26. The summed E-state index contributed by atoms with van der Waals surface area (Å²) in [5, 5.41) is 2.85. The number of amides is 1. The van der Waals surface area contributed by atoms with Crippen molar-refractivity contribution in [1.82, 2.24) is 15.3 Å². The first-order chi connectivity index (χ1) is 9.20. The molecule has 0 spiro atoms. The van der Waals surface area contributed by atoms with Crippen LogP contribution in [0.3, 0.4) is 0 Å². The highest BCUT2D eigenvalue weighted by atomic mass is 16.1. The van der Waals surface area contributed by atoms with Crippen molar-refractivity contribution < 1.29 is 4.79 Å². The average Bonchev–Trinajstić information content (AvgIpc) is 2.45. The van der Waals surface area contributed by atoms with Gasteiger partial charge in [0.1, 0.15) is 0 Å². The van der Waals surface area contributed by atoms with Gasteiger partial charge in [0.15, 0.2) is 0 Å². The molecule has 1 aromatic heterocycles. The topological polar surface area (TPSA) is 84.1 Å². The molecular weight excluding hydrogens is 242 g/mol. The molecule has 0 saturated carbocycles. The zero-order valence-corrected chi connectivity index (χ0v) is 11.3. The molecule has 1 amide bonds. The Morgan fingerprint density at radius 2 is 2.26 bits per heavy atom. The van der Waals surface area contributed by atoms with Crippen molar-refractivity contribution in [2.45, 2.75) is 19.8 Å². The van der Waals surface area contributed by atoms with Crippen molar-refractivity contribution in [3.8, 4) is 0 Å². The lowest BCUT2D eigenvalue weighted by Crippen LogP contribution is -2.44. The molecule has 19 heavy (non-hydrogen) atoms. The summed E-state index contributed by atoms with van der Waals surface area (Å²) >= 11 is 0. The number of carbonyl (C=O) groups excluding carboxylic acids is 1. The van der Waals surface area contributed by atoms with E-state index in [1.54, 1.807) is 12.4 Å². The third-order valence-corrected chi connectivity index (χ3v) is 3.29. The number of piperidine rings is 1. The monoisotopic (exact) mass is 263 g/mol. The number of hydrogen-bond acceptors (Lipinski definition) is 5. The van der Waals surface area contributed by atoms with Crippen LogP contribution in [0.5, 0.6) is 0 Å². The highest BCUT2D eigenvalue weighted by Gasteiger charge is 2.26. The maximum Gasteiger partial charge on any atom is 0.225 e. The van der Waals surface area contributed by atoms with Gasteiger partial charge in [0.25, 0.3) is 0 Å². The second kappa shape index (κ2) is 6.47. The smallest absolute Gasteiger partial charge is 0.225 e. The number of rotatable bonds is 4. The summed E-state index contributed by atoms with van der Waals surface area (Å²) in [7, 11) is 0. The van der Waals surface area contributed by atoms with E-state index >= 15 is 0 Å². The van der Waals surface area contributed by atoms with Crippen LogP contribution in [-0.2, 0) is 4.79 Å². The van der Waals surface area contributed by atoms with Gasteiger partial charge in [-0.3, -0.25) is 4.79 Å². The summed E-state index contributed by atoms with van der Waals surface area (Å²) in [5.41, 5.74) is 6.43. The third-order valence-electron chi connectivity index (χ3n) is 3.29. The fraction of sp³-hybridized carbons (Fsp3) is 0.615. The SMILES string of the molecule is Cc1cnc(N2CCCC(C(=O)NCCN)C2)nc1. The van der Waals surface area contributed by atoms with Gasteiger partial charge in [-0.2, -0.15) is 0 Å². The van der Waals surface area contributed by atoms with Crippen LogP contribution in [-0.4, -0.2) is 42.1 Å². The number of hydrogen-bond donors (Lipinski definition) is 2. The Kier molecular flexibility index (Phi) is 4.68. The summed E-state index contributed by atoms with van der Waals surface area (Å²) in [4.78, 5) is 22.7. The van der Waals surface area contributed by atoms with E-state index in [4.69, 9.17) is 5.73 Å². The van der Waals surface area contributed by atoms with Crippen molar-refractivity contribution in [2.24, 2.45) is 11.7 Å². The number of nitrogens with two attached hydrogens (primary N) is 1. The molecule has 6 heteroatoms. The molecule has 0 aromatic carbocycles. The Labute approximate surface area is 113 Å². The molecule has 0 aliphatic carbocycles. The Bertz CT molecular complexity index is 420. The maximum atomic E-state index is 12.0. The molecule has 1 fully saturated rings. The zero-order chi connectivity index (χ0) is 13.7. The summed E-state index contributed by atoms with van der Waals surface area (Å²) in [5.74, 6) is 0.800. The molecule has 2 heterocycles. The van der Waals surface area contributed by atoms with Crippen LogP contribution in [0, 0.1) is 12.8 Å². The van der Waals surface area contributed by atoms with Gasteiger partial charge in [-0.05, 0) is 25.3 Å². The number of nitrogens with one attached hydrogen (secondary N) is 1. The van der Waals surface area contributed by atoms with Crippen molar-refractivity contribution >= 4 is 11.9 Å². The predicted octanol–water partition coefficient (Wildman–Crippen LogP) is 0.0763. The molecule has 104 valence electrons. The Balaban J connectivity index is 1.96. The van der Waals surface area contributed by atoms with Crippen LogP contribution < -0.4 is 16.0 Å². The lowest BCUT2D eigenvalue weighted by atomic mass is 9.97. The number of aromatic nitrogens is 2. The van der Waals surface area contributed by atoms with Gasteiger partial charge >= 0.3 is 0 Å². The molecule has 0 bridgehead atoms. The van der Waals surface area contributed by atoms with Gasteiger partial charge < -0.3 is 16.0 Å². The molecule has 1 aliphatic heterocycles. The molecule has 2 rings (SSSR count). The number of carbonyl (C=O) groups is 1. The van der Waals surface area contributed by atoms with Crippen molar-refractivity contribution in [1.29, 1.82) is 0 Å². The van der Waals surface area contributed by atoms with Gasteiger partial charge in [0, 0.05) is 38.6 Å². The fourth-order valence-electron chi connectivity index (χ4n) is 2.26. The van der Waals surface area contributed by atoms with Crippen LogP contribution in [0.25, 0.3) is 0 Å². The van der Waals surface area contributed by atoms with Gasteiger partial charge in [-0.1, -0.05) is 0 Å². The minimum atomic E-state index is 0.00482. The molecule has 1 saturated heterocycles. The predicted molar refractivity (Wildman–Crippen MR) is 73.8 cm³/mol. The molecule has 1 unspecified atom stereocenters. The number of aryl methyl sites for hydroxylation is 1. The van der Waals surface area contributed by atoms with Gasteiger partial charge in [0.05, 0.1) is 5.92 Å². The first-order valence-corrected chi connectivity index (χ1v) is 6.72.